The number of carboxylic acid groups (broad SMARTS) is 2. The lowest BCUT2D eigenvalue weighted by molar-refractivity contribution is -0.147. The van der Waals surface area contributed by atoms with Gasteiger partial charge in [0.15, 0.2) is 6.10 Å². The average molecular weight is 1170 g/mol. The maximum Gasteiger partial charge on any atom is 0.345 e. The third-order valence-corrected chi connectivity index (χ3v) is 13.5. The molecule has 0 amide bonds. The number of esters is 2. The number of carboxylic acids is 2. The van der Waals surface area contributed by atoms with Crippen molar-refractivity contribution in [3.8, 4) is 0 Å². The lowest BCUT2D eigenvalue weighted by Gasteiger charge is -2.16. The second kappa shape index (κ2) is 38.4. The van der Waals surface area contributed by atoms with Crippen LogP contribution in [0.15, 0.2) is 218 Å². The number of nitrogens with zero attached hydrogens (tertiary/aromatic N) is 1. The van der Waals surface area contributed by atoms with Crippen LogP contribution >= 0.6 is 11.6 Å². The number of aliphatic hydroxyl groups excluding tert-OH is 2. The van der Waals surface area contributed by atoms with E-state index in [1.165, 1.54) is 32.5 Å². The van der Waals surface area contributed by atoms with Crippen molar-refractivity contribution in [1.82, 2.24) is 4.90 Å². The molecule has 3 radical (unpaired) electrons. The van der Waals surface area contributed by atoms with Gasteiger partial charge in [-0.1, -0.05) is 203 Å². The van der Waals surface area contributed by atoms with E-state index in [-0.39, 0.29) is 27.9 Å². The highest BCUT2D eigenvalue weighted by Gasteiger charge is 2.24. The van der Waals surface area contributed by atoms with Gasteiger partial charge in [-0.15, -0.1) is 0 Å². The third kappa shape index (κ3) is 24.7. The van der Waals surface area contributed by atoms with E-state index in [1.807, 2.05) is 164 Å². The van der Waals surface area contributed by atoms with Gasteiger partial charge >= 0.3 is 23.9 Å². The Morgan fingerprint density at radius 3 is 1.16 bits per heavy atom. The number of carbonyl (C=O) groups is 5. The van der Waals surface area contributed by atoms with E-state index in [0.29, 0.717) is 23.1 Å². The third-order valence-electron chi connectivity index (χ3n) is 13.2. The molecule has 1 heterocycles. The molecule has 3 atom stereocenters. The largest absolute Gasteiger partial charge is 0.479 e. The fourth-order valence-electron chi connectivity index (χ4n) is 8.49. The average Bonchev–Trinajstić information content (AvgIpc) is 4.20. The van der Waals surface area contributed by atoms with E-state index < -0.39 is 47.4 Å². The van der Waals surface area contributed by atoms with Crippen molar-refractivity contribution in [3.63, 3.8) is 0 Å². The molecule has 0 unspecified atom stereocenters. The molecule has 9 aromatic rings. The Labute approximate surface area is 505 Å². The first-order valence-electron chi connectivity index (χ1n) is 28.0. The second-order valence-electron chi connectivity index (χ2n) is 19.3. The van der Waals surface area contributed by atoms with Crippen LogP contribution in [-0.4, -0.2) is 121 Å². The van der Waals surface area contributed by atoms with Crippen molar-refractivity contribution in [1.29, 1.82) is 0 Å². The van der Waals surface area contributed by atoms with E-state index in [9.17, 15) is 34.2 Å². The van der Waals surface area contributed by atoms with Gasteiger partial charge in [0.2, 0.25) is 6.10 Å². The smallest absolute Gasteiger partial charge is 0.345 e. The van der Waals surface area contributed by atoms with E-state index in [2.05, 4.69) is 25.7 Å². The van der Waals surface area contributed by atoms with Crippen molar-refractivity contribution < 1.29 is 58.6 Å². The number of hydrogen-bond acceptors (Lipinski definition) is 11. The molecule has 9 aromatic carbocycles. The summed E-state index contributed by atoms with van der Waals surface area (Å²) in [6.45, 7) is 11.9. The number of hydrogen-bond donors (Lipinski definition) is 4. The molecule has 1 aliphatic rings. The Balaban J connectivity index is 0.000000234. The van der Waals surface area contributed by atoms with Crippen molar-refractivity contribution in [2.45, 2.75) is 71.2 Å². The highest BCUT2D eigenvalue weighted by Crippen LogP contribution is 2.20. The van der Waals surface area contributed by atoms with Gasteiger partial charge in [-0.2, -0.15) is 0 Å². The van der Waals surface area contributed by atoms with E-state index in [0.717, 1.165) is 62.2 Å². The molecule has 0 spiro atoms. The van der Waals surface area contributed by atoms with E-state index >= 15 is 0 Å². The van der Waals surface area contributed by atoms with Crippen LogP contribution < -0.4 is 0 Å². The van der Waals surface area contributed by atoms with Gasteiger partial charge in [-0.05, 0) is 129 Å². The van der Waals surface area contributed by atoms with Gasteiger partial charge in [0.1, 0.15) is 6.10 Å². The molecule has 0 bridgehead atoms. The Morgan fingerprint density at radius 1 is 0.471 bits per heavy atom. The van der Waals surface area contributed by atoms with Crippen LogP contribution in [0.2, 0.25) is 0 Å². The lowest BCUT2D eigenvalue weighted by atomic mass is 10.1. The second-order valence-corrected chi connectivity index (χ2v) is 19.6. The van der Waals surface area contributed by atoms with Gasteiger partial charge in [0.25, 0.3) is 5.24 Å². The van der Waals surface area contributed by atoms with Gasteiger partial charge in [0, 0.05) is 46.5 Å². The number of fused-ring (bicyclic) bond motifs is 3. The predicted octanol–water partition coefficient (Wildman–Crippen LogP) is 13.0. The molecule has 0 aromatic heterocycles. The van der Waals surface area contributed by atoms with Gasteiger partial charge in [-0.3, -0.25) is 4.79 Å². The molecule has 10 rings (SSSR count). The standard InChI is InChI=1S/C20H16O4.C20H18O3.C11H7ClO.C9H10O3.C6H15N.C4H8O.B/c21-19(22)18(12-14-6-2-1-3-7-14)24-20(23)17-11-10-15-8-4-5-9-16(15)13-17;21-14-19(12-15-6-2-1-3-7-15)23-20(22)18-11-10-16-8-4-5-9-17(16)13-18;12-11(13)10-6-5-8-3-1-2-4-9(8)7-10;10-8(9(11)12)6-7-4-2-1-3-5-7;1-4-7(5-2)6-3;1-2-4-5-3-1;/h1-11,13,18H,12H2,(H,21,22);1-11,13,19,21H,12,14H2;1-7H;1-5,8,10H,6H2,(H,11,12);4-6H2,1-3H3;1-4H2;/t18-;19-;;8-;;;/m11.1.../s1. The highest BCUT2D eigenvalue weighted by atomic mass is 35.5. The lowest BCUT2D eigenvalue weighted by Crippen LogP contribution is -2.29. The molecule has 13 nitrogen and oxygen atoms in total. The Morgan fingerprint density at radius 2 is 0.824 bits per heavy atom. The minimum Gasteiger partial charge on any atom is -0.479 e. The summed E-state index contributed by atoms with van der Waals surface area (Å²) in [5.41, 5.74) is 4.03. The normalized spacial score (nSPS) is 12.2. The number of aliphatic hydroxyl groups is 2. The summed E-state index contributed by atoms with van der Waals surface area (Å²) >= 11 is 5.36. The van der Waals surface area contributed by atoms with Crippen LogP contribution in [0.3, 0.4) is 0 Å². The molecule has 1 fully saturated rings. The zero-order valence-electron chi connectivity index (χ0n) is 48.3. The first-order valence-corrected chi connectivity index (χ1v) is 28.3. The summed E-state index contributed by atoms with van der Waals surface area (Å²) in [6.07, 6.45) is 0.289. The minimum atomic E-state index is -1.30. The van der Waals surface area contributed by atoms with E-state index in [1.54, 1.807) is 54.6 Å². The number of benzene rings is 9. The SMILES string of the molecule is C1CCOC1.CCN(CC)CC.O=C(Cl)c1ccc2ccccc2c1.O=C(O)[C@H](O)Cc1ccccc1.O=C(O[C@@H](CO)Cc1ccccc1)c1ccc2ccccc2c1.O=C(O[C@H](Cc1ccccc1)C(=O)O)c1ccc2ccccc2c1.[B]. The van der Waals surface area contributed by atoms with Crippen LogP contribution in [0.4, 0.5) is 0 Å². The Kier molecular flexibility index (Phi) is 31.2. The molecule has 4 N–H and O–H groups in total. The molecule has 85 heavy (non-hydrogen) atoms. The minimum absolute atomic E-state index is 0. The summed E-state index contributed by atoms with van der Waals surface area (Å²) in [5, 5.41) is 41.9. The van der Waals surface area contributed by atoms with Gasteiger partial charge < -0.3 is 39.5 Å². The maximum absolute atomic E-state index is 12.3. The molecule has 441 valence electrons. The van der Waals surface area contributed by atoms with Crippen LogP contribution in [0.5, 0.6) is 0 Å². The fourth-order valence-corrected chi connectivity index (χ4v) is 8.61. The first-order chi connectivity index (χ1) is 40.7. The van der Waals surface area contributed by atoms with Crippen molar-refractivity contribution in [2.75, 3.05) is 39.5 Å². The Bertz CT molecular complexity index is 3420. The van der Waals surface area contributed by atoms with Crippen LogP contribution in [0, 0.1) is 0 Å². The zero-order chi connectivity index (χ0) is 60.5. The quantitative estimate of drug-likeness (QED) is 0.0382. The summed E-state index contributed by atoms with van der Waals surface area (Å²) in [7, 11) is 0. The van der Waals surface area contributed by atoms with Crippen LogP contribution in [0.1, 0.15) is 81.4 Å². The van der Waals surface area contributed by atoms with E-state index in [4.69, 9.17) is 36.0 Å². The molecule has 15 heteroatoms. The number of aliphatic carboxylic acids is 2. The van der Waals surface area contributed by atoms with Gasteiger partial charge in [0.05, 0.1) is 17.7 Å². The molecule has 1 aliphatic heterocycles. The maximum atomic E-state index is 12.3. The summed E-state index contributed by atoms with van der Waals surface area (Å²) in [6, 6.07) is 67.2. The van der Waals surface area contributed by atoms with Crippen molar-refractivity contribution >= 4 is 81.5 Å². The van der Waals surface area contributed by atoms with Crippen molar-refractivity contribution in [2.24, 2.45) is 0 Å². The monoisotopic (exact) mass is 1170 g/mol. The number of rotatable bonds is 17. The molecular weight excluding hydrogens is 1090 g/mol. The highest BCUT2D eigenvalue weighted by molar-refractivity contribution is 6.67. The van der Waals surface area contributed by atoms with Crippen LogP contribution in [-0.2, 0) is 43.1 Å². The zero-order valence-corrected chi connectivity index (χ0v) is 49.0. The molecule has 0 aliphatic carbocycles. The number of ether oxygens (including phenoxy) is 3. The predicted molar refractivity (Wildman–Crippen MR) is 339 cm³/mol. The molecular formula is C70H74BClNO12. The molecule has 1 saturated heterocycles. The summed E-state index contributed by atoms with van der Waals surface area (Å²) < 4.78 is 15.6. The fraction of sp³-hybridized carbons (Fsp3) is 0.243. The van der Waals surface area contributed by atoms with Crippen molar-refractivity contribution in [3.05, 3.63) is 252 Å². The molecule has 0 saturated carbocycles. The van der Waals surface area contributed by atoms with Gasteiger partial charge in [-0.25, -0.2) is 19.2 Å². The summed E-state index contributed by atoms with van der Waals surface area (Å²) in [5.74, 6) is -3.39. The topological polar surface area (TPSA) is 197 Å². The van der Waals surface area contributed by atoms with Crippen LogP contribution in [0.25, 0.3) is 32.3 Å². The Hall–Kier alpha value is -8.50. The first kappa shape index (κ1) is 69.0. The number of halogens is 1. The summed E-state index contributed by atoms with van der Waals surface area (Å²) in [4.78, 5) is 59.5. The number of carbonyl (C=O) groups excluding carboxylic acids is 3.